The molecule has 2 aromatic rings. The fourth-order valence-electron chi connectivity index (χ4n) is 2.29. The average Bonchev–Trinajstić information content (AvgIpc) is 2.78. The monoisotopic (exact) mass is 285 g/mol. The second-order valence-corrected chi connectivity index (χ2v) is 5.11. The van der Waals surface area contributed by atoms with Gasteiger partial charge < -0.3 is 14.6 Å². The molecule has 5 nitrogen and oxygen atoms in total. The van der Waals surface area contributed by atoms with Gasteiger partial charge in [0.15, 0.2) is 0 Å². The van der Waals surface area contributed by atoms with Crippen molar-refractivity contribution in [3.05, 3.63) is 23.8 Å². The third-order valence-corrected chi connectivity index (χ3v) is 3.47. The Morgan fingerprint density at radius 3 is 2.71 bits per heavy atom. The Morgan fingerprint density at radius 1 is 1.48 bits per heavy atom. The van der Waals surface area contributed by atoms with E-state index in [-0.39, 0.29) is 11.8 Å². The molecule has 1 aromatic carbocycles. The number of aromatic nitrogens is 1. The van der Waals surface area contributed by atoms with Crippen LogP contribution in [0, 0.1) is 17.2 Å². The zero-order chi connectivity index (χ0) is 15.6. The van der Waals surface area contributed by atoms with Gasteiger partial charge in [0.05, 0.1) is 12.6 Å². The summed E-state index contributed by atoms with van der Waals surface area (Å²) in [6.07, 6.45) is 0. The number of benzene rings is 1. The molecule has 2 rings (SSSR count). The topological polar surface area (TPSA) is 67.0 Å². The summed E-state index contributed by atoms with van der Waals surface area (Å²) in [5.74, 6) is 1.04. The van der Waals surface area contributed by atoms with Crippen molar-refractivity contribution in [3.63, 3.8) is 0 Å². The maximum absolute atomic E-state index is 12.0. The molecule has 0 saturated carbocycles. The fourth-order valence-corrected chi connectivity index (χ4v) is 2.29. The molecule has 21 heavy (non-hydrogen) atoms. The van der Waals surface area contributed by atoms with Crippen LogP contribution in [-0.2, 0) is 11.3 Å². The van der Waals surface area contributed by atoms with Crippen LogP contribution in [0.1, 0.15) is 26.3 Å². The molecular weight excluding hydrogens is 266 g/mol. The lowest BCUT2D eigenvalue weighted by Gasteiger charge is -2.11. The third-order valence-electron chi connectivity index (χ3n) is 3.47. The van der Waals surface area contributed by atoms with Crippen molar-refractivity contribution in [2.45, 2.75) is 27.3 Å². The van der Waals surface area contributed by atoms with E-state index in [1.807, 2.05) is 43.5 Å². The summed E-state index contributed by atoms with van der Waals surface area (Å²) in [5.41, 5.74) is 1.37. The van der Waals surface area contributed by atoms with Gasteiger partial charge in [-0.2, -0.15) is 5.26 Å². The number of carbonyl (C=O) groups excluding carboxylic acids is 1. The Bertz CT molecular complexity index is 723. The van der Waals surface area contributed by atoms with E-state index in [9.17, 15) is 10.1 Å². The number of carbonyl (C=O) groups is 1. The lowest BCUT2D eigenvalue weighted by atomic mass is 10.1. The van der Waals surface area contributed by atoms with Gasteiger partial charge in [-0.05, 0) is 19.1 Å². The molecule has 0 aliphatic rings. The Kier molecular flexibility index (Phi) is 4.18. The molecule has 0 fully saturated rings. The SMILES string of the molecule is CCn1c(NC(=O)C(C)C)c(C#N)c2ccc(OC)cc21. The minimum absolute atomic E-state index is 0.101. The van der Waals surface area contributed by atoms with Gasteiger partial charge in [-0.15, -0.1) is 0 Å². The van der Waals surface area contributed by atoms with Crippen LogP contribution in [0.2, 0.25) is 0 Å². The number of fused-ring (bicyclic) bond motifs is 1. The molecule has 0 saturated heterocycles. The normalized spacial score (nSPS) is 10.7. The molecule has 0 spiro atoms. The highest BCUT2D eigenvalue weighted by Crippen LogP contribution is 2.32. The number of ether oxygens (including phenoxy) is 1. The van der Waals surface area contributed by atoms with Gasteiger partial charge >= 0.3 is 0 Å². The summed E-state index contributed by atoms with van der Waals surface area (Å²) in [5, 5.41) is 13.1. The lowest BCUT2D eigenvalue weighted by Crippen LogP contribution is -2.20. The molecule has 0 bridgehead atoms. The molecule has 0 aliphatic carbocycles. The van der Waals surface area contributed by atoms with Crippen LogP contribution in [0.25, 0.3) is 10.9 Å². The number of nitriles is 1. The Labute approximate surface area is 124 Å². The highest BCUT2D eigenvalue weighted by atomic mass is 16.5. The zero-order valence-electron chi connectivity index (χ0n) is 12.7. The van der Waals surface area contributed by atoms with Gasteiger partial charge in [0.1, 0.15) is 23.2 Å². The fraction of sp³-hybridized carbons (Fsp3) is 0.375. The molecule has 1 amide bonds. The highest BCUT2D eigenvalue weighted by Gasteiger charge is 2.19. The zero-order valence-corrected chi connectivity index (χ0v) is 12.7. The van der Waals surface area contributed by atoms with Crippen LogP contribution in [0.5, 0.6) is 5.75 Å². The smallest absolute Gasteiger partial charge is 0.228 e. The minimum Gasteiger partial charge on any atom is -0.497 e. The van der Waals surface area contributed by atoms with E-state index >= 15 is 0 Å². The van der Waals surface area contributed by atoms with Gasteiger partial charge in [-0.3, -0.25) is 4.79 Å². The van der Waals surface area contributed by atoms with Gasteiger partial charge in [0.25, 0.3) is 0 Å². The van der Waals surface area contributed by atoms with Crippen LogP contribution >= 0.6 is 0 Å². The van der Waals surface area contributed by atoms with Gasteiger partial charge in [0.2, 0.25) is 5.91 Å². The van der Waals surface area contributed by atoms with Crippen molar-refractivity contribution in [1.82, 2.24) is 4.57 Å². The maximum Gasteiger partial charge on any atom is 0.228 e. The Hall–Kier alpha value is -2.48. The first kappa shape index (κ1) is 14.9. The van der Waals surface area contributed by atoms with E-state index < -0.39 is 0 Å². The van der Waals surface area contributed by atoms with Crippen LogP contribution < -0.4 is 10.1 Å². The summed E-state index contributed by atoms with van der Waals surface area (Å²) < 4.78 is 7.17. The standard InChI is InChI=1S/C16H19N3O2/c1-5-19-14-8-11(21-4)6-7-12(14)13(9-17)15(19)18-16(20)10(2)3/h6-8,10H,5H2,1-4H3,(H,18,20). The minimum atomic E-state index is -0.144. The molecule has 1 aromatic heterocycles. The number of anilines is 1. The van der Waals surface area contributed by atoms with Crippen molar-refractivity contribution in [1.29, 1.82) is 5.26 Å². The summed E-state index contributed by atoms with van der Waals surface area (Å²) in [4.78, 5) is 12.0. The van der Waals surface area contributed by atoms with Crippen molar-refractivity contribution in [3.8, 4) is 11.8 Å². The van der Waals surface area contributed by atoms with E-state index in [4.69, 9.17) is 4.74 Å². The average molecular weight is 285 g/mol. The van der Waals surface area contributed by atoms with Crippen LogP contribution in [0.3, 0.4) is 0 Å². The number of aryl methyl sites for hydroxylation is 1. The maximum atomic E-state index is 12.0. The number of methoxy groups -OCH3 is 1. The van der Waals surface area contributed by atoms with Crippen molar-refractivity contribution < 1.29 is 9.53 Å². The Morgan fingerprint density at radius 2 is 2.19 bits per heavy atom. The number of rotatable bonds is 4. The van der Waals surface area contributed by atoms with Crippen LogP contribution in [-0.4, -0.2) is 17.6 Å². The number of amides is 1. The van der Waals surface area contributed by atoms with Gasteiger partial charge in [-0.25, -0.2) is 0 Å². The predicted octanol–water partition coefficient (Wildman–Crippen LogP) is 3.14. The molecule has 1 heterocycles. The molecular formula is C16H19N3O2. The number of nitrogens with zero attached hydrogens (tertiary/aromatic N) is 2. The first-order valence-corrected chi connectivity index (χ1v) is 6.94. The quantitative estimate of drug-likeness (QED) is 0.938. The largest absolute Gasteiger partial charge is 0.497 e. The lowest BCUT2D eigenvalue weighted by molar-refractivity contribution is -0.118. The number of nitrogens with one attached hydrogen (secondary N) is 1. The molecule has 0 unspecified atom stereocenters. The molecule has 5 heteroatoms. The summed E-state index contributed by atoms with van der Waals surface area (Å²) in [6.45, 7) is 6.27. The Balaban J connectivity index is 2.68. The van der Waals surface area contributed by atoms with Gasteiger partial charge in [0, 0.05) is 23.9 Å². The van der Waals surface area contributed by atoms with Crippen LogP contribution in [0.15, 0.2) is 18.2 Å². The first-order valence-electron chi connectivity index (χ1n) is 6.94. The van der Waals surface area contributed by atoms with E-state index in [1.54, 1.807) is 7.11 Å². The predicted molar refractivity (Wildman–Crippen MR) is 82.3 cm³/mol. The van der Waals surface area contributed by atoms with E-state index in [0.29, 0.717) is 17.9 Å². The first-order chi connectivity index (χ1) is 10.0. The van der Waals surface area contributed by atoms with Gasteiger partial charge in [-0.1, -0.05) is 13.8 Å². The third kappa shape index (κ3) is 2.57. The highest BCUT2D eigenvalue weighted by molar-refractivity contribution is 6.00. The van der Waals surface area contributed by atoms with E-state index in [0.717, 1.165) is 16.7 Å². The van der Waals surface area contributed by atoms with E-state index in [2.05, 4.69) is 11.4 Å². The second-order valence-electron chi connectivity index (χ2n) is 5.11. The molecule has 0 radical (unpaired) electrons. The number of hydrogen-bond acceptors (Lipinski definition) is 3. The van der Waals surface area contributed by atoms with E-state index in [1.165, 1.54) is 0 Å². The van der Waals surface area contributed by atoms with Crippen molar-refractivity contribution in [2.24, 2.45) is 5.92 Å². The van der Waals surface area contributed by atoms with Crippen molar-refractivity contribution in [2.75, 3.05) is 12.4 Å². The molecule has 110 valence electrons. The molecule has 0 atom stereocenters. The molecule has 0 aliphatic heterocycles. The second kappa shape index (κ2) is 5.88. The molecule has 1 N–H and O–H groups in total. The van der Waals surface area contributed by atoms with Crippen molar-refractivity contribution >= 4 is 22.6 Å². The number of hydrogen-bond donors (Lipinski definition) is 1. The summed E-state index contributed by atoms with van der Waals surface area (Å²) in [6, 6.07) is 7.75. The summed E-state index contributed by atoms with van der Waals surface area (Å²) >= 11 is 0. The summed E-state index contributed by atoms with van der Waals surface area (Å²) in [7, 11) is 1.60. The van der Waals surface area contributed by atoms with Crippen LogP contribution in [0.4, 0.5) is 5.82 Å².